The molecule has 4 heteroatoms. The molecule has 1 aromatic carbocycles. The predicted molar refractivity (Wildman–Crippen MR) is 71.5 cm³/mol. The van der Waals surface area contributed by atoms with Crippen molar-refractivity contribution in [1.82, 2.24) is 4.98 Å². The number of nitrogens with two attached hydrogens (primary N) is 1. The molecule has 0 saturated carbocycles. The molecule has 0 aliphatic rings. The van der Waals surface area contributed by atoms with Crippen molar-refractivity contribution in [2.24, 2.45) is 5.73 Å². The van der Waals surface area contributed by atoms with Crippen molar-refractivity contribution in [2.45, 2.75) is 18.9 Å². The number of H-pyrrole nitrogens is 1. The molecule has 2 rings (SSSR count). The fourth-order valence-electron chi connectivity index (χ4n) is 2.01. The summed E-state index contributed by atoms with van der Waals surface area (Å²) in [5, 5.41) is 9.88. The molecule has 4 nitrogen and oxygen atoms in total. The highest BCUT2D eigenvalue weighted by Gasteiger charge is 2.14. The Hall–Kier alpha value is -2.07. The second kappa shape index (κ2) is 5.06. The Kier molecular flexibility index (Phi) is 3.48. The number of aromatic amines is 1. The van der Waals surface area contributed by atoms with E-state index in [2.05, 4.69) is 17.6 Å². The SMILES string of the molecule is C=CCc1ccc2[nH]cc(C[C@H](N)C(=O)O)c2c1. The van der Waals surface area contributed by atoms with Crippen LogP contribution in [0.1, 0.15) is 11.1 Å². The van der Waals surface area contributed by atoms with E-state index in [0.29, 0.717) is 6.42 Å². The van der Waals surface area contributed by atoms with E-state index < -0.39 is 12.0 Å². The first-order valence-electron chi connectivity index (χ1n) is 5.80. The molecule has 0 unspecified atom stereocenters. The molecule has 0 radical (unpaired) electrons. The maximum absolute atomic E-state index is 10.8. The van der Waals surface area contributed by atoms with Crippen LogP contribution < -0.4 is 5.73 Å². The number of carboxylic acids is 1. The van der Waals surface area contributed by atoms with Gasteiger partial charge in [0.25, 0.3) is 0 Å². The fraction of sp³-hybridized carbons (Fsp3) is 0.214. The Morgan fingerprint density at radius 3 is 3.00 bits per heavy atom. The van der Waals surface area contributed by atoms with Crippen molar-refractivity contribution >= 4 is 16.9 Å². The lowest BCUT2D eigenvalue weighted by molar-refractivity contribution is -0.138. The van der Waals surface area contributed by atoms with E-state index in [-0.39, 0.29) is 0 Å². The van der Waals surface area contributed by atoms with Crippen molar-refractivity contribution in [3.8, 4) is 0 Å². The van der Waals surface area contributed by atoms with E-state index in [1.165, 1.54) is 0 Å². The third-order valence-corrected chi connectivity index (χ3v) is 2.97. The third kappa shape index (κ3) is 2.43. The van der Waals surface area contributed by atoms with Gasteiger partial charge in [-0.15, -0.1) is 6.58 Å². The number of rotatable bonds is 5. The van der Waals surface area contributed by atoms with Crippen LogP contribution >= 0.6 is 0 Å². The van der Waals surface area contributed by atoms with Gasteiger partial charge in [-0.2, -0.15) is 0 Å². The summed E-state index contributed by atoms with van der Waals surface area (Å²) in [5.74, 6) is -0.980. The van der Waals surface area contributed by atoms with Crippen LogP contribution in [0.2, 0.25) is 0 Å². The summed E-state index contributed by atoms with van der Waals surface area (Å²) >= 11 is 0. The molecule has 1 atom stereocenters. The quantitative estimate of drug-likeness (QED) is 0.702. The molecule has 0 fully saturated rings. The van der Waals surface area contributed by atoms with Crippen molar-refractivity contribution in [2.75, 3.05) is 0 Å². The lowest BCUT2D eigenvalue weighted by Crippen LogP contribution is -2.32. The third-order valence-electron chi connectivity index (χ3n) is 2.97. The highest BCUT2D eigenvalue weighted by atomic mass is 16.4. The average Bonchev–Trinajstić information content (AvgIpc) is 2.72. The van der Waals surface area contributed by atoms with Crippen LogP contribution in [-0.2, 0) is 17.6 Å². The van der Waals surface area contributed by atoms with Crippen LogP contribution in [0.4, 0.5) is 0 Å². The number of carboxylic acid groups (broad SMARTS) is 1. The second-order valence-electron chi connectivity index (χ2n) is 4.34. The first kappa shape index (κ1) is 12.4. The number of benzene rings is 1. The minimum absolute atomic E-state index is 0.326. The smallest absolute Gasteiger partial charge is 0.320 e. The molecule has 0 bridgehead atoms. The van der Waals surface area contributed by atoms with Crippen LogP contribution in [0.3, 0.4) is 0 Å². The van der Waals surface area contributed by atoms with Gasteiger partial charge in [0.05, 0.1) is 0 Å². The van der Waals surface area contributed by atoms with Crippen molar-refractivity contribution < 1.29 is 9.90 Å². The molecular weight excluding hydrogens is 228 g/mol. The summed E-state index contributed by atoms with van der Waals surface area (Å²) in [4.78, 5) is 13.9. The summed E-state index contributed by atoms with van der Waals surface area (Å²) in [7, 11) is 0. The van der Waals surface area contributed by atoms with Gasteiger partial charge in [-0.05, 0) is 29.7 Å². The number of hydrogen-bond acceptors (Lipinski definition) is 2. The number of nitrogens with one attached hydrogen (secondary N) is 1. The maximum Gasteiger partial charge on any atom is 0.320 e. The zero-order valence-corrected chi connectivity index (χ0v) is 10.0. The molecule has 4 N–H and O–H groups in total. The number of hydrogen-bond donors (Lipinski definition) is 3. The first-order valence-corrected chi connectivity index (χ1v) is 5.80. The van der Waals surface area contributed by atoms with Gasteiger partial charge in [-0.1, -0.05) is 12.1 Å². The molecule has 0 amide bonds. The molecule has 2 aromatic rings. The summed E-state index contributed by atoms with van der Waals surface area (Å²) in [6, 6.07) is 5.20. The highest BCUT2D eigenvalue weighted by molar-refractivity contribution is 5.85. The Morgan fingerprint density at radius 1 is 1.56 bits per heavy atom. The molecule has 0 aliphatic carbocycles. The van der Waals surface area contributed by atoms with E-state index in [0.717, 1.165) is 28.5 Å². The van der Waals surface area contributed by atoms with E-state index in [4.69, 9.17) is 10.8 Å². The van der Waals surface area contributed by atoms with Crippen LogP contribution in [0.25, 0.3) is 10.9 Å². The van der Waals surface area contributed by atoms with E-state index in [1.54, 1.807) is 0 Å². The molecule has 0 aliphatic heterocycles. The van der Waals surface area contributed by atoms with Crippen LogP contribution in [0, 0.1) is 0 Å². The van der Waals surface area contributed by atoms with Gasteiger partial charge in [0, 0.05) is 23.5 Å². The van der Waals surface area contributed by atoms with Gasteiger partial charge in [0.15, 0.2) is 0 Å². The summed E-state index contributed by atoms with van der Waals surface area (Å²) in [6.45, 7) is 3.71. The number of aromatic nitrogens is 1. The monoisotopic (exact) mass is 244 g/mol. The highest BCUT2D eigenvalue weighted by Crippen LogP contribution is 2.21. The van der Waals surface area contributed by atoms with Crippen LogP contribution in [0.5, 0.6) is 0 Å². The Labute approximate surface area is 105 Å². The Morgan fingerprint density at radius 2 is 2.33 bits per heavy atom. The van der Waals surface area contributed by atoms with E-state index >= 15 is 0 Å². The second-order valence-corrected chi connectivity index (χ2v) is 4.34. The Bertz CT molecular complexity index is 586. The van der Waals surface area contributed by atoms with Crippen molar-refractivity contribution in [3.63, 3.8) is 0 Å². The lowest BCUT2D eigenvalue weighted by Gasteiger charge is -2.05. The zero-order chi connectivity index (χ0) is 13.1. The topological polar surface area (TPSA) is 79.1 Å². The summed E-state index contributed by atoms with van der Waals surface area (Å²) in [5.41, 5.74) is 8.65. The number of aliphatic carboxylic acids is 1. The molecule has 94 valence electrons. The number of carbonyl (C=O) groups is 1. The van der Waals surface area contributed by atoms with Gasteiger partial charge < -0.3 is 15.8 Å². The van der Waals surface area contributed by atoms with Crippen molar-refractivity contribution in [3.05, 3.63) is 48.2 Å². The maximum atomic E-state index is 10.8. The standard InChI is InChI=1S/C14H16N2O2/c1-2-3-9-4-5-13-11(6-9)10(8-16-13)7-12(15)14(17)18/h2,4-6,8,12,16H,1,3,7,15H2,(H,17,18)/t12-/m0/s1. The van der Waals surface area contributed by atoms with Crippen molar-refractivity contribution in [1.29, 1.82) is 0 Å². The zero-order valence-electron chi connectivity index (χ0n) is 10.0. The van der Waals surface area contributed by atoms with Gasteiger partial charge in [-0.3, -0.25) is 4.79 Å². The molecule has 0 saturated heterocycles. The van der Waals surface area contributed by atoms with Gasteiger partial charge in [0.2, 0.25) is 0 Å². The fourth-order valence-corrected chi connectivity index (χ4v) is 2.01. The van der Waals surface area contributed by atoms with Gasteiger partial charge >= 0.3 is 5.97 Å². The minimum Gasteiger partial charge on any atom is -0.480 e. The normalized spacial score (nSPS) is 12.5. The van der Waals surface area contributed by atoms with Gasteiger partial charge in [0.1, 0.15) is 6.04 Å². The number of allylic oxidation sites excluding steroid dienone is 1. The van der Waals surface area contributed by atoms with Crippen LogP contribution in [-0.4, -0.2) is 22.1 Å². The minimum atomic E-state index is -0.980. The van der Waals surface area contributed by atoms with Crippen LogP contribution in [0.15, 0.2) is 37.1 Å². The molecule has 1 aromatic heterocycles. The molecule has 1 heterocycles. The predicted octanol–water partition coefficient (Wildman–Crippen LogP) is 1.85. The van der Waals surface area contributed by atoms with Gasteiger partial charge in [-0.25, -0.2) is 0 Å². The van der Waals surface area contributed by atoms with E-state index in [9.17, 15) is 4.79 Å². The average molecular weight is 244 g/mol. The Balaban J connectivity index is 2.35. The summed E-state index contributed by atoms with van der Waals surface area (Å²) in [6.07, 6.45) is 4.79. The van der Waals surface area contributed by atoms with E-state index in [1.807, 2.05) is 24.4 Å². The summed E-state index contributed by atoms with van der Waals surface area (Å²) < 4.78 is 0. The first-order chi connectivity index (χ1) is 8.61. The molecule has 0 spiro atoms. The largest absolute Gasteiger partial charge is 0.480 e. The number of fused-ring (bicyclic) bond motifs is 1. The molecule has 18 heavy (non-hydrogen) atoms. The lowest BCUT2D eigenvalue weighted by atomic mass is 10.0. The molecular formula is C14H16N2O2.